The second-order valence-electron chi connectivity index (χ2n) is 8.56. The lowest BCUT2D eigenvalue weighted by Crippen LogP contribution is -2.39. The highest BCUT2D eigenvalue weighted by Crippen LogP contribution is 2.37. The van der Waals surface area contributed by atoms with Gasteiger partial charge in [-0.05, 0) is 72.7 Å². The zero-order valence-electron chi connectivity index (χ0n) is 20.0. The van der Waals surface area contributed by atoms with Crippen LogP contribution in [0.4, 0.5) is 11.4 Å². The molecule has 3 aromatic rings. The topological polar surface area (TPSA) is 80.3 Å². The van der Waals surface area contributed by atoms with E-state index in [9.17, 15) is 9.59 Å². The fourth-order valence-corrected chi connectivity index (χ4v) is 4.85. The lowest BCUT2D eigenvalue weighted by molar-refractivity contribution is -0.124. The number of carbonyl (C=O) groups is 2. The Kier molecular flexibility index (Phi) is 7.16. The van der Waals surface area contributed by atoms with Crippen molar-refractivity contribution in [3.05, 3.63) is 77.3 Å². The van der Waals surface area contributed by atoms with Crippen molar-refractivity contribution in [2.75, 3.05) is 30.7 Å². The number of carbonyl (C=O) groups excluding carboxylic acids is 2. The molecule has 1 atom stereocenters. The van der Waals surface area contributed by atoms with E-state index in [4.69, 9.17) is 38.0 Å². The lowest BCUT2D eigenvalue weighted by Gasteiger charge is -2.24. The Morgan fingerprint density at radius 3 is 2.54 bits per heavy atom. The predicted molar refractivity (Wildman–Crippen MR) is 145 cm³/mol. The Bertz CT molecular complexity index is 1330. The van der Waals surface area contributed by atoms with Crippen molar-refractivity contribution in [2.45, 2.75) is 18.9 Å². The first kappa shape index (κ1) is 24.9. The minimum atomic E-state index is -0.761. The van der Waals surface area contributed by atoms with Crippen molar-refractivity contribution in [1.29, 1.82) is 0 Å². The van der Waals surface area contributed by atoms with Gasteiger partial charge in [0.05, 0.1) is 19.2 Å². The molecule has 0 aliphatic carbocycles. The Morgan fingerprint density at radius 2 is 1.81 bits per heavy atom. The Morgan fingerprint density at radius 1 is 1.08 bits per heavy atom. The molecule has 37 heavy (non-hydrogen) atoms. The van der Waals surface area contributed by atoms with Crippen LogP contribution in [-0.2, 0) is 16.0 Å². The van der Waals surface area contributed by atoms with Gasteiger partial charge < -0.3 is 24.4 Å². The van der Waals surface area contributed by atoms with E-state index < -0.39 is 6.04 Å². The monoisotopic (exact) mass is 537 g/mol. The quantitative estimate of drug-likeness (QED) is 0.419. The molecule has 0 spiro atoms. The van der Waals surface area contributed by atoms with Gasteiger partial charge >= 0.3 is 0 Å². The molecule has 0 aromatic heterocycles. The largest absolute Gasteiger partial charge is 0.497 e. The summed E-state index contributed by atoms with van der Waals surface area (Å²) in [7, 11) is 1.58. The van der Waals surface area contributed by atoms with E-state index in [0.29, 0.717) is 51.7 Å². The van der Waals surface area contributed by atoms with Gasteiger partial charge in [0, 0.05) is 23.3 Å². The van der Waals surface area contributed by atoms with E-state index >= 15 is 0 Å². The molecule has 1 unspecified atom stereocenters. The fourth-order valence-electron chi connectivity index (χ4n) is 4.31. The molecule has 190 valence electrons. The maximum absolute atomic E-state index is 13.7. The van der Waals surface area contributed by atoms with Gasteiger partial charge in [-0.1, -0.05) is 23.7 Å². The third-order valence-electron chi connectivity index (χ3n) is 6.24. The van der Waals surface area contributed by atoms with Gasteiger partial charge in [0.25, 0.3) is 5.91 Å². The summed E-state index contributed by atoms with van der Waals surface area (Å²) in [6.45, 7) is 0.576. The minimum Gasteiger partial charge on any atom is -0.497 e. The van der Waals surface area contributed by atoms with Crippen LogP contribution in [0.15, 0.2) is 66.7 Å². The third kappa shape index (κ3) is 5.33. The van der Waals surface area contributed by atoms with Crippen LogP contribution in [0.3, 0.4) is 0 Å². The molecular weight excluding hydrogens is 514 g/mol. The molecule has 5 rings (SSSR count). The highest BCUT2D eigenvalue weighted by Gasteiger charge is 2.44. The van der Waals surface area contributed by atoms with E-state index in [1.807, 2.05) is 29.2 Å². The third-order valence-corrected chi connectivity index (χ3v) is 6.91. The van der Waals surface area contributed by atoms with Gasteiger partial charge in [0.2, 0.25) is 12.7 Å². The molecule has 3 aromatic carbocycles. The second-order valence-corrected chi connectivity index (χ2v) is 9.36. The fraction of sp³-hybridized carbons (Fsp3) is 0.222. The minimum absolute atomic E-state index is 0.0628. The molecule has 10 heteroatoms. The molecule has 0 bridgehead atoms. The van der Waals surface area contributed by atoms with Crippen molar-refractivity contribution in [2.24, 2.45) is 0 Å². The molecule has 1 N–H and O–H groups in total. The summed E-state index contributed by atoms with van der Waals surface area (Å²) in [6.07, 6.45) is 0.558. The molecule has 1 saturated heterocycles. The van der Waals surface area contributed by atoms with Crippen LogP contribution in [-0.4, -0.2) is 48.3 Å². The molecule has 2 aliphatic rings. The summed E-state index contributed by atoms with van der Waals surface area (Å²) < 4.78 is 16.0. The molecule has 0 radical (unpaired) electrons. The number of benzene rings is 3. The van der Waals surface area contributed by atoms with Crippen molar-refractivity contribution in [3.8, 4) is 17.2 Å². The highest BCUT2D eigenvalue weighted by atomic mass is 35.5. The average Bonchev–Trinajstić information content (AvgIpc) is 3.46. The molecule has 2 aliphatic heterocycles. The normalized spacial score (nSPS) is 16.3. The Hall–Kier alpha value is -3.82. The first-order valence-corrected chi connectivity index (χ1v) is 12.4. The summed E-state index contributed by atoms with van der Waals surface area (Å²) in [4.78, 5) is 29.9. The summed E-state index contributed by atoms with van der Waals surface area (Å²) in [6, 6.07) is 19.0. The molecular formula is C27H24ClN3O5S. The number of hydrogen-bond acceptors (Lipinski definition) is 6. The van der Waals surface area contributed by atoms with Gasteiger partial charge in [0.1, 0.15) is 11.8 Å². The van der Waals surface area contributed by atoms with Crippen molar-refractivity contribution >= 4 is 52.1 Å². The number of amides is 2. The standard InChI is InChI=1S/C27H24ClN3O5S/c1-34-21-9-6-19(7-10-21)29-25(32)15-22-26(33)31(20-8-11-23-24(14-20)36-16-35-23)27(37)30(22)13-12-17-2-4-18(28)5-3-17/h2-11,14,22H,12-13,15-16H2,1H3,(H,29,32). The summed E-state index contributed by atoms with van der Waals surface area (Å²) in [5.41, 5.74) is 2.22. The molecule has 0 saturated carbocycles. The van der Waals surface area contributed by atoms with E-state index in [1.165, 1.54) is 4.90 Å². The number of rotatable bonds is 8. The maximum Gasteiger partial charge on any atom is 0.256 e. The van der Waals surface area contributed by atoms with Gasteiger partial charge in [-0.3, -0.25) is 14.5 Å². The first-order valence-electron chi connectivity index (χ1n) is 11.7. The van der Waals surface area contributed by atoms with Gasteiger partial charge in [-0.25, -0.2) is 0 Å². The van der Waals surface area contributed by atoms with E-state index in [-0.39, 0.29) is 25.0 Å². The van der Waals surface area contributed by atoms with Crippen LogP contribution in [0.5, 0.6) is 17.2 Å². The van der Waals surface area contributed by atoms with Crippen LogP contribution >= 0.6 is 23.8 Å². The average molecular weight is 538 g/mol. The molecule has 2 heterocycles. The number of nitrogens with zero attached hydrogens (tertiary/aromatic N) is 2. The van der Waals surface area contributed by atoms with Crippen molar-refractivity contribution in [3.63, 3.8) is 0 Å². The van der Waals surface area contributed by atoms with Crippen molar-refractivity contribution < 1.29 is 23.8 Å². The molecule has 8 nitrogen and oxygen atoms in total. The Balaban J connectivity index is 1.37. The van der Waals surface area contributed by atoms with E-state index in [0.717, 1.165) is 5.56 Å². The van der Waals surface area contributed by atoms with E-state index in [1.54, 1.807) is 49.6 Å². The number of anilines is 2. The zero-order valence-corrected chi connectivity index (χ0v) is 21.6. The predicted octanol–water partition coefficient (Wildman–Crippen LogP) is 4.65. The number of methoxy groups -OCH3 is 1. The van der Waals surface area contributed by atoms with Crippen LogP contribution in [0, 0.1) is 0 Å². The van der Waals surface area contributed by atoms with Gasteiger partial charge in [-0.2, -0.15) is 0 Å². The van der Waals surface area contributed by atoms with Crippen LogP contribution < -0.4 is 24.4 Å². The van der Waals surface area contributed by atoms with Gasteiger partial charge in [-0.15, -0.1) is 0 Å². The van der Waals surface area contributed by atoms with Crippen LogP contribution in [0.1, 0.15) is 12.0 Å². The summed E-state index contributed by atoms with van der Waals surface area (Å²) in [5.74, 6) is 1.26. The zero-order chi connectivity index (χ0) is 25.9. The van der Waals surface area contributed by atoms with Crippen LogP contribution in [0.25, 0.3) is 0 Å². The number of hydrogen-bond donors (Lipinski definition) is 1. The second kappa shape index (κ2) is 10.7. The SMILES string of the molecule is COc1ccc(NC(=O)CC2C(=O)N(c3ccc4c(c3)OCO4)C(=S)N2CCc2ccc(Cl)cc2)cc1. The van der Waals surface area contributed by atoms with Crippen molar-refractivity contribution in [1.82, 2.24) is 4.90 Å². The highest BCUT2D eigenvalue weighted by molar-refractivity contribution is 7.80. The smallest absolute Gasteiger partial charge is 0.256 e. The molecule has 1 fully saturated rings. The van der Waals surface area contributed by atoms with Crippen LogP contribution in [0.2, 0.25) is 5.02 Å². The number of halogens is 1. The number of nitrogens with one attached hydrogen (secondary N) is 1. The van der Waals surface area contributed by atoms with Gasteiger partial charge in [0.15, 0.2) is 16.6 Å². The van der Waals surface area contributed by atoms with E-state index in [2.05, 4.69) is 5.32 Å². The number of thiocarbonyl (C=S) groups is 1. The first-order chi connectivity index (χ1) is 17.9. The number of ether oxygens (including phenoxy) is 3. The maximum atomic E-state index is 13.7. The number of fused-ring (bicyclic) bond motifs is 1. The molecule has 2 amide bonds. The summed E-state index contributed by atoms with van der Waals surface area (Å²) >= 11 is 11.8. The summed E-state index contributed by atoms with van der Waals surface area (Å²) in [5, 5.41) is 3.84. The Labute approximate surface area is 224 Å². The lowest BCUT2D eigenvalue weighted by atomic mass is 10.1.